The van der Waals surface area contributed by atoms with Crippen LogP contribution in [-0.2, 0) is 17.8 Å². The van der Waals surface area contributed by atoms with E-state index in [1.807, 2.05) is 0 Å². The molecule has 0 fully saturated rings. The van der Waals surface area contributed by atoms with Crippen LogP contribution in [0.3, 0.4) is 0 Å². The fourth-order valence-electron chi connectivity index (χ4n) is 1.55. The zero-order valence-electron chi connectivity index (χ0n) is 10.4. The molecule has 0 radical (unpaired) electrons. The summed E-state index contributed by atoms with van der Waals surface area (Å²) in [7, 11) is 0. The summed E-state index contributed by atoms with van der Waals surface area (Å²) in [6.07, 6.45) is -7.91. The number of halogens is 6. The lowest BCUT2D eigenvalue weighted by molar-refractivity contribution is -0.143. The highest BCUT2D eigenvalue weighted by atomic mass is 19.4. The summed E-state index contributed by atoms with van der Waals surface area (Å²) in [4.78, 5) is 14.3. The van der Waals surface area contributed by atoms with Crippen LogP contribution >= 0.6 is 0 Å². The van der Waals surface area contributed by atoms with Gasteiger partial charge < -0.3 is 9.67 Å². The van der Waals surface area contributed by atoms with Crippen molar-refractivity contribution in [1.82, 2.24) is 14.9 Å². The Morgan fingerprint density at radius 3 is 2.38 bits per heavy atom. The first-order valence-corrected chi connectivity index (χ1v) is 5.56. The maximum atomic E-state index is 12.3. The Balaban J connectivity index is 2.76. The maximum absolute atomic E-state index is 12.3. The number of carbonyl (C=O) groups is 1. The lowest BCUT2D eigenvalue weighted by Crippen LogP contribution is -2.43. The number of rotatable bonds is 6. The summed E-state index contributed by atoms with van der Waals surface area (Å²) in [6, 6.07) is -1.67. The number of imidazole rings is 1. The van der Waals surface area contributed by atoms with Crippen molar-refractivity contribution in [3.8, 4) is 0 Å². The molecule has 21 heavy (non-hydrogen) atoms. The van der Waals surface area contributed by atoms with E-state index in [0.29, 0.717) is 4.57 Å². The number of alkyl halides is 6. The normalized spacial score (nSPS) is 14.2. The van der Waals surface area contributed by atoms with Crippen molar-refractivity contribution in [2.24, 2.45) is 0 Å². The SMILES string of the molecule is O=C(O)[C@H](Cc1cncn1CC(F)(F)F)NCC(F)(F)F. The minimum atomic E-state index is -4.63. The highest BCUT2D eigenvalue weighted by Crippen LogP contribution is 2.19. The van der Waals surface area contributed by atoms with E-state index in [1.165, 1.54) is 0 Å². The molecule has 0 saturated heterocycles. The highest BCUT2D eigenvalue weighted by Gasteiger charge is 2.32. The zero-order valence-corrected chi connectivity index (χ0v) is 10.4. The highest BCUT2D eigenvalue weighted by molar-refractivity contribution is 5.73. The van der Waals surface area contributed by atoms with Crippen LogP contribution in [0.2, 0.25) is 0 Å². The molecule has 1 aromatic rings. The molecule has 1 atom stereocenters. The van der Waals surface area contributed by atoms with Gasteiger partial charge in [-0.2, -0.15) is 26.3 Å². The Labute approximate surface area is 114 Å². The summed E-state index contributed by atoms with van der Waals surface area (Å²) >= 11 is 0. The van der Waals surface area contributed by atoms with Gasteiger partial charge in [-0.1, -0.05) is 0 Å². The van der Waals surface area contributed by atoms with Gasteiger partial charge in [-0.3, -0.25) is 10.1 Å². The molecule has 120 valence electrons. The lowest BCUT2D eigenvalue weighted by Gasteiger charge is -2.17. The largest absolute Gasteiger partial charge is 0.480 e. The Morgan fingerprint density at radius 2 is 1.90 bits per heavy atom. The quantitative estimate of drug-likeness (QED) is 0.782. The van der Waals surface area contributed by atoms with Crippen LogP contribution in [0.15, 0.2) is 12.5 Å². The van der Waals surface area contributed by atoms with Crippen LogP contribution in [0.25, 0.3) is 0 Å². The molecule has 0 aliphatic heterocycles. The minimum absolute atomic E-state index is 0.130. The molecule has 0 saturated carbocycles. The van der Waals surface area contributed by atoms with E-state index in [0.717, 1.165) is 12.5 Å². The van der Waals surface area contributed by atoms with E-state index in [9.17, 15) is 31.1 Å². The molecule has 2 N–H and O–H groups in total. The van der Waals surface area contributed by atoms with Crippen LogP contribution < -0.4 is 5.32 Å². The number of nitrogens with zero attached hydrogens (tertiary/aromatic N) is 2. The fourth-order valence-corrected chi connectivity index (χ4v) is 1.55. The predicted molar refractivity (Wildman–Crippen MR) is 57.5 cm³/mol. The number of hydrogen-bond acceptors (Lipinski definition) is 3. The molecule has 5 nitrogen and oxygen atoms in total. The Kier molecular flexibility index (Phi) is 5.20. The van der Waals surface area contributed by atoms with Gasteiger partial charge in [0.25, 0.3) is 0 Å². The third kappa shape index (κ3) is 6.47. The van der Waals surface area contributed by atoms with Crippen molar-refractivity contribution in [3.63, 3.8) is 0 Å². The molecule has 11 heteroatoms. The molecule has 0 spiro atoms. The molecule has 0 amide bonds. The monoisotopic (exact) mass is 319 g/mol. The summed E-state index contributed by atoms with van der Waals surface area (Å²) < 4.78 is 73.6. The summed E-state index contributed by atoms with van der Waals surface area (Å²) in [6.45, 7) is -2.95. The number of aliphatic carboxylic acids is 1. The van der Waals surface area contributed by atoms with Crippen LogP contribution in [0.1, 0.15) is 5.69 Å². The van der Waals surface area contributed by atoms with Crippen LogP contribution in [-0.4, -0.2) is 45.6 Å². The van der Waals surface area contributed by atoms with E-state index in [-0.39, 0.29) is 5.69 Å². The average Bonchev–Trinajstić information content (AvgIpc) is 2.67. The van der Waals surface area contributed by atoms with Crippen LogP contribution in [0, 0.1) is 0 Å². The van der Waals surface area contributed by atoms with E-state index in [1.54, 1.807) is 5.32 Å². The lowest BCUT2D eigenvalue weighted by atomic mass is 10.1. The van der Waals surface area contributed by atoms with Gasteiger partial charge in [0.05, 0.1) is 12.9 Å². The van der Waals surface area contributed by atoms with E-state index in [2.05, 4.69) is 4.98 Å². The molecule has 1 aromatic heterocycles. The molecule has 0 aliphatic carbocycles. The fraction of sp³-hybridized carbons (Fsp3) is 0.600. The summed E-state index contributed by atoms with van der Waals surface area (Å²) in [5, 5.41) is 10.6. The zero-order chi connectivity index (χ0) is 16.3. The Morgan fingerprint density at radius 1 is 1.29 bits per heavy atom. The molecular weight excluding hydrogens is 308 g/mol. The van der Waals surface area contributed by atoms with Gasteiger partial charge in [-0.05, 0) is 0 Å². The van der Waals surface area contributed by atoms with Gasteiger partial charge in [0, 0.05) is 18.3 Å². The Bertz CT molecular complexity index is 482. The van der Waals surface area contributed by atoms with Crippen molar-refractivity contribution in [2.45, 2.75) is 31.4 Å². The van der Waals surface area contributed by atoms with Gasteiger partial charge in [-0.25, -0.2) is 4.98 Å². The standard InChI is InChI=1S/C10H11F6N3O2/c11-9(12,13)3-18-7(8(20)21)1-6-2-17-5-19(6)4-10(14,15)16/h2,5,7,18H,1,3-4H2,(H,20,21)/t7-/m0/s1. The van der Waals surface area contributed by atoms with E-state index < -0.39 is 43.9 Å². The Hall–Kier alpha value is -1.78. The maximum Gasteiger partial charge on any atom is 0.406 e. The van der Waals surface area contributed by atoms with E-state index >= 15 is 0 Å². The number of hydrogen-bond donors (Lipinski definition) is 2. The second kappa shape index (κ2) is 6.33. The second-order valence-electron chi connectivity index (χ2n) is 4.22. The van der Waals surface area contributed by atoms with Gasteiger partial charge in [-0.15, -0.1) is 0 Å². The smallest absolute Gasteiger partial charge is 0.406 e. The van der Waals surface area contributed by atoms with Gasteiger partial charge in [0.1, 0.15) is 12.6 Å². The average molecular weight is 319 g/mol. The van der Waals surface area contributed by atoms with Crippen molar-refractivity contribution in [2.75, 3.05) is 6.54 Å². The molecule has 0 bridgehead atoms. The number of carboxylic acid groups (broad SMARTS) is 1. The molecule has 0 aliphatic rings. The predicted octanol–water partition coefficient (Wildman–Crippen LogP) is 1.59. The first-order chi connectivity index (χ1) is 9.48. The van der Waals surface area contributed by atoms with Gasteiger partial charge in [0.2, 0.25) is 0 Å². The van der Waals surface area contributed by atoms with Crippen molar-refractivity contribution >= 4 is 5.97 Å². The molecule has 0 aromatic carbocycles. The van der Waals surface area contributed by atoms with E-state index in [4.69, 9.17) is 5.11 Å². The summed E-state index contributed by atoms with van der Waals surface area (Å²) in [5.74, 6) is -1.60. The van der Waals surface area contributed by atoms with Crippen molar-refractivity contribution < 1.29 is 36.2 Å². The first kappa shape index (κ1) is 17.3. The third-order valence-electron chi connectivity index (χ3n) is 2.41. The molecule has 1 rings (SSSR count). The van der Waals surface area contributed by atoms with Crippen molar-refractivity contribution in [3.05, 3.63) is 18.2 Å². The van der Waals surface area contributed by atoms with Crippen LogP contribution in [0.4, 0.5) is 26.3 Å². The molecule has 0 unspecified atom stereocenters. The molecule has 1 heterocycles. The first-order valence-electron chi connectivity index (χ1n) is 5.56. The van der Waals surface area contributed by atoms with Gasteiger partial charge in [0.15, 0.2) is 0 Å². The number of carboxylic acids is 1. The third-order valence-corrected chi connectivity index (χ3v) is 2.41. The second-order valence-corrected chi connectivity index (χ2v) is 4.22. The summed E-state index contributed by atoms with van der Waals surface area (Å²) in [5.41, 5.74) is -0.130. The molecular formula is C10H11F6N3O2. The minimum Gasteiger partial charge on any atom is -0.480 e. The van der Waals surface area contributed by atoms with Gasteiger partial charge >= 0.3 is 18.3 Å². The van der Waals surface area contributed by atoms with Crippen LogP contribution in [0.5, 0.6) is 0 Å². The number of nitrogens with one attached hydrogen (secondary N) is 1. The number of aromatic nitrogens is 2. The van der Waals surface area contributed by atoms with Crippen molar-refractivity contribution in [1.29, 1.82) is 0 Å². The topological polar surface area (TPSA) is 67.1 Å².